The summed E-state index contributed by atoms with van der Waals surface area (Å²) in [5, 5.41) is 7.10. The van der Waals surface area contributed by atoms with Crippen LogP contribution in [0.25, 0.3) is 5.69 Å². The minimum atomic E-state index is -0.0651. The van der Waals surface area contributed by atoms with Gasteiger partial charge in [0, 0.05) is 63.0 Å². The van der Waals surface area contributed by atoms with Gasteiger partial charge in [-0.15, -0.1) is 0 Å². The molecule has 0 radical (unpaired) electrons. The maximum atomic E-state index is 12.9. The second kappa shape index (κ2) is 8.78. The number of piperazine rings is 1. The van der Waals surface area contributed by atoms with Gasteiger partial charge in [-0.3, -0.25) is 14.5 Å². The molecule has 29 heavy (non-hydrogen) atoms. The number of nitrogens with one attached hydrogen (secondary N) is 1. The lowest BCUT2D eigenvalue weighted by molar-refractivity contribution is -0.119. The number of carbonyl (C=O) groups excluding carboxylic acids is 2. The molecule has 0 bridgehead atoms. The average Bonchev–Trinajstić information content (AvgIpc) is 3.44. The molecule has 7 heteroatoms. The molecule has 1 aromatic carbocycles. The average molecular weight is 396 g/mol. The minimum Gasteiger partial charge on any atom is -0.352 e. The summed E-state index contributed by atoms with van der Waals surface area (Å²) in [4.78, 5) is 28.4. The van der Waals surface area contributed by atoms with E-state index >= 15 is 0 Å². The highest BCUT2D eigenvalue weighted by Gasteiger charge is 2.28. The third-order valence-electron chi connectivity index (χ3n) is 6.00. The van der Waals surface area contributed by atoms with Crippen LogP contribution in [0.4, 0.5) is 0 Å². The Kier molecular flexibility index (Phi) is 5.94. The van der Waals surface area contributed by atoms with Crippen molar-refractivity contribution in [1.82, 2.24) is 24.9 Å². The summed E-state index contributed by atoms with van der Waals surface area (Å²) in [6.45, 7) is 5.54. The number of rotatable bonds is 5. The van der Waals surface area contributed by atoms with Crippen LogP contribution < -0.4 is 5.32 Å². The van der Waals surface area contributed by atoms with Gasteiger partial charge in [-0.2, -0.15) is 5.10 Å². The summed E-state index contributed by atoms with van der Waals surface area (Å²) in [5.74, 6) is 0.0409. The van der Waals surface area contributed by atoms with Gasteiger partial charge in [0.15, 0.2) is 0 Å². The minimum absolute atomic E-state index is 0.0651. The number of amides is 2. The van der Waals surface area contributed by atoms with Gasteiger partial charge in [0.25, 0.3) is 5.91 Å². The van der Waals surface area contributed by atoms with E-state index in [0.717, 1.165) is 43.5 Å². The summed E-state index contributed by atoms with van der Waals surface area (Å²) < 4.78 is 1.76. The van der Waals surface area contributed by atoms with Crippen LogP contribution in [0.2, 0.25) is 0 Å². The van der Waals surface area contributed by atoms with Crippen molar-refractivity contribution in [3.63, 3.8) is 0 Å². The van der Waals surface area contributed by atoms with Crippen molar-refractivity contribution in [3.8, 4) is 5.69 Å². The highest BCUT2D eigenvalue weighted by molar-refractivity contribution is 5.94. The van der Waals surface area contributed by atoms with Gasteiger partial charge in [0.1, 0.15) is 0 Å². The Labute approximate surface area is 171 Å². The molecular weight excluding hydrogens is 366 g/mol. The molecule has 4 rings (SSSR count). The standard InChI is InChI=1S/C22H29N5O2/c1-17(28)23-14-18-15-24-27(16-18)21-8-6-19(7-9-21)22(29)26-12-10-25(11-13-26)20-4-2-3-5-20/h6-9,15-16,20H,2-5,10-14H2,1H3,(H,23,28). The number of hydrogen-bond donors (Lipinski definition) is 1. The Balaban J connectivity index is 1.34. The lowest BCUT2D eigenvalue weighted by atomic mass is 10.1. The van der Waals surface area contributed by atoms with Crippen LogP contribution >= 0.6 is 0 Å². The normalized spacial score (nSPS) is 18.2. The first kappa shape index (κ1) is 19.6. The van der Waals surface area contributed by atoms with Gasteiger partial charge < -0.3 is 10.2 Å². The summed E-state index contributed by atoms with van der Waals surface area (Å²) >= 11 is 0. The topological polar surface area (TPSA) is 70.5 Å². The van der Waals surface area contributed by atoms with Gasteiger partial charge in [-0.05, 0) is 37.1 Å². The highest BCUT2D eigenvalue weighted by Crippen LogP contribution is 2.24. The summed E-state index contributed by atoms with van der Waals surface area (Å²) in [7, 11) is 0. The van der Waals surface area contributed by atoms with Crippen LogP contribution in [-0.2, 0) is 11.3 Å². The Morgan fingerprint density at radius 1 is 1.07 bits per heavy atom. The number of aromatic nitrogens is 2. The van der Waals surface area contributed by atoms with Gasteiger partial charge in [-0.25, -0.2) is 4.68 Å². The van der Waals surface area contributed by atoms with Crippen LogP contribution in [-0.4, -0.2) is 63.6 Å². The fourth-order valence-corrected chi connectivity index (χ4v) is 4.32. The van der Waals surface area contributed by atoms with Gasteiger partial charge in [-0.1, -0.05) is 12.8 Å². The number of nitrogens with zero attached hydrogens (tertiary/aromatic N) is 4. The number of benzene rings is 1. The van der Waals surface area contributed by atoms with E-state index in [1.807, 2.05) is 35.4 Å². The second-order valence-corrected chi connectivity index (χ2v) is 8.02. The molecule has 1 aliphatic heterocycles. The third-order valence-corrected chi connectivity index (χ3v) is 6.00. The first-order valence-corrected chi connectivity index (χ1v) is 10.5. The zero-order valence-corrected chi connectivity index (χ0v) is 17.0. The van der Waals surface area contributed by atoms with Gasteiger partial charge >= 0.3 is 0 Å². The predicted molar refractivity (Wildman–Crippen MR) is 111 cm³/mol. The summed E-state index contributed by atoms with van der Waals surface area (Å²) in [6, 6.07) is 8.30. The zero-order valence-electron chi connectivity index (χ0n) is 17.0. The van der Waals surface area contributed by atoms with E-state index in [1.165, 1.54) is 32.6 Å². The van der Waals surface area contributed by atoms with E-state index in [9.17, 15) is 9.59 Å². The Morgan fingerprint density at radius 3 is 2.41 bits per heavy atom. The van der Waals surface area contributed by atoms with Crippen LogP contribution in [0.5, 0.6) is 0 Å². The van der Waals surface area contributed by atoms with E-state index in [1.54, 1.807) is 10.9 Å². The van der Waals surface area contributed by atoms with Crippen LogP contribution in [0.15, 0.2) is 36.7 Å². The lowest BCUT2D eigenvalue weighted by Gasteiger charge is -2.38. The molecule has 1 N–H and O–H groups in total. The molecule has 1 saturated heterocycles. The van der Waals surface area contributed by atoms with Crippen LogP contribution in [0, 0.1) is 0 Å². The largest absolute Gasteiger partial charge is 0.352 e. The molecule has 154 valence electrons. The molecule has 2 fully saturated rings. The number of hydrogen-bond acceptors (Lipinski definition) is 4. The maximum Gasteiger partial charge on any atom is 0.253 e. The third kappa shape index (κ3) is 4.67. The molecule has 2 aliphatic rings. The van der Waals surface area contributed by atoms with Crippen molar-refractivity contribution in [3.05, 3.63) is 47.8 Å². The van der Waals surface area contributed by atoms with Crippen molar-refractivity contribution in [2.24, 2.45) is 0 Å². The van der Waals surface area contributed by atoms with Gasteiger partial charge in [0.05, 0.1) is 11.9 Å². The zero-order chi connectivity index (χ0) is 20.2. The first-order valence-electron chi connectivity index (χ1n) is 10.5. The van der Waals surface area contributed by atoms with Crippen molar-refractivity contribution in [2.45, 2.75) is 45.2 Å². The van der Waals surface area contributed by atoms with Crippen molar-refractivity contribution in [1.29, 1.82) is 0 Å². The molecule has 7 nitrogen and oxygen atoms in total. The molecule has 1 aliphatic carbocycles. The molecular formula is C22H29N5O2. The van der Waals surface area contributed by atoms with E-state index in [2.05, 4.69) is 15.3 Å². The fourth-order valence-electron chi connectivity index (χ4n) is 4.32. The van der Waals surface area contributed by atoms with Crippen LogP contribution in [0.3, 0.4) is 0 Å². The maximum absolute atomic E-state index is 12.9. The van der Waals surface area contributed by atoms with Crippen molar-refractivity contribution < 1.29 is 9.59 Å². The van der Waals surface area contributed by atoms with Gasteiger partial charge in [0.2, 0.25) is 5.91 Å². The lowest BCUT2D eigenvalue weighted by Crippen LogP contribution is -2.51. The molecule has 1 aromatic heterocycles. The SMILES string of the molecule is CC(=O)NCc1cnn(-c2ccc(C(=O)N3CCN(C4CCCC4)CC3)cc2)c1. The molecule has 1 saturated carbocycles. The molecule has 2 heterocycles. The van der Waals surface area contributed by atoms with E-state index in [4.69, 9.17) is 0 Å². The molecule has 0 spiro atoms. The Bertz CT molecular complexity index is 846. The quantitative estimate of drug-likeness (QED) is 0.843. The predicted octanol–water partition coefficient (Wildman–Crippen LogP) is 2.21. The Morgan fingerprint density at radius 2 is 1.76 bits per heavy atom. The fraction of sp³-hybridized carbons (Fsp3) is 0.500. The Hall–Kier alpha value is -2.67. The second-order valence-electron chi connectivity index (χ2n) is 8.02. The molecule has 0 unspecified atom stereocenters. The monoisotopic (exact) mass is 395 g/mol. The molecule has 2 amide bonds. The van der Waals surface area contributed by atoms with Crippen molar-refractivity contribution in [2.75, 3.05) is 26.2 Å². The molecule has 2 aromatic rings. The first-order chi connectivity index (χ1) is 14.1. The van der Waals surface area contributed by atoms with Crippen LogP contribution in [0.1, 0.15) is 48.5 Å². The van der Waals surface area contributed by atoms with E-state index in [0.29, 0.717) is 12.1 Å². The van der Waals surface area contributed by atoms with E-state index in [-0.39, 0.29) is 11.8 Å². The molecule has 0 atom stereocenters. The summed E-state index contributed by atoms with van der Waals surface area (Å²) in [6.07, 6.45) is 8.95. The van der Waals surface area contributed by atoms with E-state index < -0.39 is 0 Å². The number of carbonyl (C=O) groups is 2. The van der Waals surface area contributed by atoms with Crippen molar-refractivity contribution >= 4 is 11.8 Å². The summed E-state index contributed by atoms with van der Waals surface area (Å²) in [5.41, 5.74) is 2.54. The smallest absolute Gasteiger partial charge is 0.253 e. The highest BCUT2D eigenvalue weighted by atomic mass is 16.2.